The van der Waals surface area contributed by atoms with E-state index in [-0.39, 0.29) is 23.8 Å². The predicted octanol–water partition coefficient (Wildman–Crippen LogP) is 5.11. The number of esters is 2. The quantitative estimate of drug-likeness (QED) is 0.248. The largest absolute Gasteiger partial charge is 0.466 e. The van der Waals surface area contributed by atoms with Crippen LogP contribution in [0, 0.1) is 6.92 Å². The molecule has 0 bridgehead atoms. The van der Waals surface area contributed by atoms with Gasteiger partial charge in [0.15, 0.2) is 0 Å². The molecule has 0 spiro atoms. The van der Waals surface area contributed by atoms with Gasteiger partial charge in [-0.1, -0.05) is 18.9 Å². The van der Waals surface area contributed by atoms with E-state index < -0.39 is 11.5 Å². The van der Waals surface area contributed by atoms with Gasteiger partial charge in [-0.25, -0.2) is 9.48 Å². The van der Waals surface area contributed by atoms with Crippen molar-refractivity contribution in [1.82, 2.24) is 14.8 Å². The predicted molar refractivity (Wildman–Crippen MR) is 140 cm³/mol. The van der Waals surface area contributed by atoms with Gasteiger partial charge in [-0.3, -0.25) is 14.6 Å². The number of hydrogen-bond donors (Lipinski definition) is 1. The third-order valence-corrected chi connectivity index (χ3v) is 6.40. The molecule has 3 rings (SSSR count). The average molecular weight is 513 g/mol. The number of aryl methyl sites for hydroxylation is 2. The lowest BCUT2D eigenvalue weighted by Gasteiger charge is -2.17. The highest BCUT2D eigenvalue weighted by Gasteiger charge is 2.26. The van der Waals surface area contributed by atoms with Crippen molar-refractivity contribution in [3.05, 3.63) is 57.5 Å². The molecule has 3 aromatic rings. The normalized spacial score (nSPS) is 10.8. The van der Waals surface area contributed by atoms with E-state index >= 15 is 0 Å². The minimum absolute atomic E-state index is 0.109. The number of nitrogens with one attached hydrogen (secondary N) is 1. The van der Waals surface area contributed by atoms with Crippen molar-refractivity contribution < 1.29 is 19.1 Å². The fourth-order valence-corrected chi connectivity index (χ4v) is 4.33. The second kappa shape index (κ2) is 13.5. The van der Waals surface area contributed by atoms with Crippen molar-refractivity contribution in [2.24, 2.45) is 0 Å². The molecular weight excluding hydrogens is 480 g/mol. The van der Waals surface area contributed by atoms with Crippen LogP contribution in [-0.4, -0.2) is 39.9 Å². The van der Waals surface area contributed by atoms with Gasteiger partial charge in [-0.05, 0) is 56.7 Å². The molecule has 0 aliphatic carbocycles. The Labute approximate surface area is 214 Å². The summed E-state index contributed by atoms with van der Waals surface area (Å²) in [5, 5.41) is 9.52. The van der Waals surface area contributed by atoms with Crippen LogP contribution in [0.2, 0.25) is 0 Å². The fourth-order valence-electron chi connectivity index (χ4n) is 3.61. The first-order valence-electron chi connectivity index (χ1n) is 12.2. The Balaban J connectivity index is 1.81. The topological polar surface area (TPSA) is 112 Å². The second-order valence-electron chi connectivity index (χ2n) is 8.12. The van der Waals surface area contributed by atoms with Crippen molar-refractivity contribution in [2.75, 3.05) is 18.5 Å². The summed E-state index contributed by atoms with van der Waals surface area (Å²) in [5.41, 5.74) is 1.71. The summed E-state index contributed by atoms with van der Waals surface area (Å²) in [7, 11) is 0. The third-order valence-electron chi connectivity index (χ3n) is 5.53. The van der Waals surface area contributed by atoms with Gasteiger partial charge in [0.05, 0.1) is 30.0 Å². The van der Waals surface area contributed by atoms with E-state index in [1.54, 1.807) is 19.3 Å². The average Bonchev–Trinajstić information content (AvgIpc) is 3.40. The number of unbranched alkanes of at least 4 members (excludes halogenated alkanes) is 3. The van der Waals surface area contributed by atoms with E-state index in [0.29, 0.717) is 37.4 Å². The van der Waals surface area contributed by atoms with Gasteiger partial charge >= 0.3 is 11.9 Å². The summed E-state index contributed by atoms with van der Waals surface area (Å²) >= 11 is 1.43. The Morgan fingerprint density at radius 2 is 1.92 bits per heavy atom. The van der Waals surface area contributed by atoms with Gasteiger partial charge in [-0.15, -0.1) is 11.3 Å². The molecule has 0 atom stereocenters. The monoisotopic (exact) mass is 512 g/mol. The van der Waals surface area contributed by atoms with Crippen LogP contribution in [0.4, 0.5) is 11.4 Å². The highest BCUT2D eigenvalue weighted by molar-refractivity contribution is 7.13. The first-order valence-corrected chi connectivity index (χ1v) is 13.0. The van der Waals surface area contributed by atoms with E-state index in [4.69, 9.17) is 9.47 Å². The number of thiophene rings is 1. The molecule has 9 nitrogen and oxygen atoms in total. The zero-order valence-electron chi connectivity index (χ0n) is 20.9. The molecule has 10 heteroatoms. The number of aromatic nitrogens is 3. The maximum atomic E-state index is 13.3. The summed E-state index contributed by atoms with van der Waals surface area (Å²) in [6.07, 6.45) is 6.68. The van der Waals surface area contributed by atoms with Gasteiger partial charge in [0.1, 0.15) is 16.9 Å². The highest BCUT2D eigenvalue weighted by atomic mass is 32.1. The zero-order chi connectivity index (χ0) is 25.9. The summed E-state index contributed by atoms with van der Waals surface area (Å²) in [6, 6.07) is 5.55. The van der Waals surface area contributed by atoms with Crippen LogP contribution in [0.1, 0.15) is 61.9 Å². The molecule has 0 unspecified atom stereocenters. The minimum atomic E-state index is -0.609. The molecule has 0 fully saturated rings. The smallest absolute Gasteiger partial charge is 0.342 e. The molecule has 0 aliphatic rings. The van der Waals surface area contributed by atoms with Crippen LogP contribution in [0.25, 0.3) is 10.6 Å². The Hall–Kier alpha value is -3.53. The van der Waals surface area contributed by atoms with Gasteiger partial charge < -0.3 is 14.8 Å². The lowest BCUT2D eigenvalue weighted by molar-refractivity contribution is -0.143. The van der Waals surface area contributed by atoms with Gasteiger partial charge in [-0.2, -0.15) is 5.10 Å². The number of rotatable bonds is 13. The SMILES string of the molecule is CCOC(=O)CCCCCCOC(=O)c1c(-c2cccs2)nn(CC)c(=O)c1Nc1cnccc1C. The van der Waals surface area contributed by atoms with Crippen LogP contribution in [0.5, 0.6) is 0 Å². The van der Waals surface area contributed by atoms with Crippen LogP contribution in [0.15, 0.2) is 40.8 Å². The van der Waals surface area contributed by atoms with Gasteiger partial charge in [0.2, 0.25) is 0 Å². The molecule has 192 valence electrons. The summed E-state index contributed by atoms with van der Waals surface area (Å²) < 4.78 is 11.9. The van der Waals surface area contributed by atoms with Crippen molar-refractivity contribution in [1.29, 1.82) is 0 Å². The molecule has 36 heavy (non-hydrogen) atoms. The van der Waals surface area contributed by atoms with Crippen LogP contribution >= 0.6 is 11.3 Å². The van der Waals surface area contributed by atoms with E-state index in [0.717, 1.165) is 29.7 Å². The molecular formula is C26H32N4O5S. The molecule has 0 saturated carbocycles. The fraction of sp³-hybridized carbons (Fsp3) is 0.423. The molecule has 3 aromatic heterocycles. The number of ether oxygens (including phenoxy) is 2. The summed E-state index contributed by atoms with van der Waals surface area (Å²) in [5.74, 6) is -0.801. The van der Waals surface area contributed by atoms with Crippen LogP contribution in [-0.2, 0) is 20.8 Å². The van der Waals surface area contributed by atoms with Crippen molar-refractivity contribution >= 4 is 34.7 Å². The lowest BCUT2D eigenvalue weighted by Crippen LogP contribution is -2.29. The maximum Gasteiger partial charge on any atom is 0.342 e. The summed E-state index contributed by atoms with van der Waals surface area (Å²) in [6.45, 7) is 6.44. The molecule has 0 aliphatic heterocycles. The second-order valence-corrected chi connectivity index (χ2v) is 9.07. The van der Waals surface area contributed by atoms with E-state index in [9.17, 15) is 14.4 Å². The van der Waals surface area contributed by atoms with E-state index in [1.165, 1.54) is 16.0 Å². The summed E-state index contributed by atoms with van der Waals surface area (Å²) in [4.78, 5) is 43.0. The lowest BCUT2D eigenvalue weighted by atomic mass is 10.1. The van der Waals surface area contributed by atoms with Gasteiger partial charge in [0, 0.05) is 19.2 Å². The van der Waals surface area contributed by atoms with Crippen molar-refractivity contribution in [3.63, 3.8) is 0 Å². The Kier molecular flexibility index (Phi) is 10.2. The molecule has 0 aromatic carbocycles. The van der Waals surface area contributed by atoms with Gasteiger partial charge in [0.25, 0.3) is 5.56 Å². The third kappa shape index (κ3) is 7.00. The first kappa shape index (κ1) is 27.1. The standard InChI is InChI=1S/C26H32N4O5S/c1-4-30-25(32)24(28-19-17-27-14-13-18(19)3)22(23(29-30)20-11-10-16-36-20)26(33)35-15-9-7-6-8-12-21(31)34-5-2/h10-11,13-14,16-17,28H,4-9,12,15H2,1-3H3. The first-order chi connectivity index (χ1) is 17.5. The molecule has 0 saturated heterocycles. The Morgan fingerprint density at radius 3 is 2.61 bits per heavy atom. The Morgan fingerprint density at radius 1 is 1.11 bits per heavy atom. The van der Waals surface area contributed by atoms with Crippen LogP contribution < -0.4 is 10.9 Å². The maximum absolute atomic E-state index is 13.3. The van der Waals surface area contributed by atoms with Crippen molar-refractivity contribution in [3.8, 4) is 10.6 Å². The highest BCUT2D eigenvalue weighted by Crippen LogP contribution is 2.31. The number of nitrogens with zero attached hydrogens (tertiary/aromatic N) is 3. The Bertz CT molecular complexity index is 1220. The van der Waals surface area contributed by atoms with E-state index in [2.05, 4.69) is 15.4 Å². The minimum Gasteiger partial charge on any atom is -0.466 e. The molecule has 1 N–H and O–H groups in total. The molecule has 3 heterocycles. The molecule has 0 radical (unpaired) electrons. The van der Waals surface area contributed by atoms with Crippen molar-refractivity contribution in [2.45, 2.75) is 59.4 Å². The number of carbonyl (C=O) groups is 2. The van der Waals surface area contributed by atoms with Crippen LogP contribution in [0.3, 0.4) is 0 Å². The van der Waals surface area contributed by atoms with E-state index in [1.807, 2.05) is 37.4 Å². The number of hydrogen-bond acceptors (Lipinski definition) is 9. The number of carbonyl (C=O) groups excluding carboxylic acids is 2. The number of anilines is 2. The zero-order valence-corrected chi connectivity index (χ0v) is 21.7. The number of pyridine rings is 1. The molecule has 0 amide bonds.